The molecule has 0 fully saturated rings. The van der Waals surface area contributed by atoms with Crippen LogP contribution in [0.3, 0.4) is 0 Å². The van der Waals surface area contributed by atoms with E-state index in [1.54, 1.807) is 13.2 Å². The number of rotatable bonds is 2. The van der Waals surface area contributed by atoms with Crippen molar-refractivity contribution >= 4 is 0 Å². The number of hydrogen-bond acceptors (Lipinski definition) is 3. The lowest BCUT2D eigenvalue weighted by Gasteiger charge is -2.07. The second-order valence-corrected chi connectivity index (χ2v) is 4.69. The molecule has 2 aromatic heterocycles. The van der Waals surface area contributed by atoms with E-state index in [4.69, 9.17) is 4.42 Å². The van der Waals surface area contributed by atoms with E-state index >= 15 is 0 Å². The molecule has 0 saturated heterocycles. The Hall–Kier alpha value is -2.62. The zero-order valence-electron chi connectivity index (χ0n) is 11.3. The quantitative estimate of drug-likeness (QED) is 0.774. The van der Waals surface area contributed by atoms with E-state index in [1.165, 1.54) is 0 Å². The van der Waals surface area contributed by atoms with Crippen LogP contribution in [0.5, 0.6) is 0 Å². The number of nitrogens with one attached hydrogen (secondary N) is 1. The van der Waals surface area contributed by atoms with Gasteiger partial charge in [0.05, 0.1) is 12.0 Å². The van der Waals surface area contributed by atoms with Crippen molar-refractivity contribution in [3.63, 3.8) is 0 Å². The fourth-order valence-electron chi connectivity index (χ4n) is 2.13. The third-order valence-electron chi connectivity index (χ3n) is 3.28. The lowest BCUT2D eigenvalue weighted by molar-refractivity contribution is 0.575. The van der Waals surface area contributed by atoms with Crippen LogP contribution in [-0.2, 0) is 0 Å². The van der Waals surface area contributed by atoms with Crippen molar-refractivity contribution in [2.45, 2.75) is 13.8 Å². The molecular weight excluding hydrogens is 252 g/mol. The maximum Gasteiger partial charge on any atom is 0.254 e. The highest BCUT2D eigenvalue weighted by atomic mass is 16.3. The van der Waals surface area contributed by atoms with Gasteiger partial charge in [0.1, 0.15) is 0 Å². The fourth-order valence-corrected chi connectivity index (χ4v) is 2.13. The lowest BCUT2D eigenvalue weighted by Crippen LogP contribution is -2.14. The molecule has 0 aliphatic carbocycles. The van der Waals surface area contributed by atoms with Gasteiger partial charge in [-0.05, 0) is 25.5 Å². The summed E-state index contributed by atoms with van der Waals surface area (Å²) in [5.41, 5.74) is 2.99. The summed E-state index contributed by atoms with van der Waals surface area (Å²) >= 11 is 0. The van der Waals surface area contributed by atoms with Gasteiger partial charge in [-0.3, -0.25) is 4.79 Å². The molecule has 2 heterocycles. The number of furan rings is 1. The van der Waals surface area contributed by atoms with E-state index in [2.05, 4.69) is 9.97 Å². The van der Waals surface area contributed by atoms with Gasteiger partial charge in [-0.15, -0.1) is 0 Å². The first-order valence-corrected chi connectivity index (χ1v) is 6.37. The van der Waals surface area contributed by atoms with E-state index in [9.17, 15) is 4.79 Å². The van der Waals surface area contributed by atoms with Crippen LogP contribution in [0.4, 0.5) is 0 Å². The van der Waals surface area contributed by atoms with E-state index in [-0.39, 0.29) is 5.56 Å². The van der Waals surface area contributed by atoms with E-state index < -0.39 is 0 Å². The molecule has 0 aliphatic heterocycles. The number of H-pyrrole nitrogens is 1. The number of hydrogen-bond donors (Lipinski definition) is 1. The maximum absolute atomic E-state index is 12.1. The van der Waals surface area contributed by atoms with Crippen molar-refractivity contribution in [1.29, 1.82) is 0 Å². The third kappa shape index (κ3) is 2.05. The number of aryl methyl sites for hydroxylation is 1. The summed E-state index contributed by atoms with van der Waals surface area (Å²) in [4.78, 5) is 19.4. The first-order valence-electron chi connectivity index (χ1n) is 6.37. The van der Waals surface area contributed by atoms with Crippen LogP contribution in [0.1, 0.15) is 11.1 Å². The highest BCUT2D eigenvalue weighted by molar-refractivity contribution is 5.65. The molecule has 0 bridgehead atoms. The molecule has 100 valence electrons. The summed E-state index contributed by atoms with van der Waals surface area (Å²) in [6.07, 6.45) is 1.59. The fraction of sp³-hybridized carbons (Fsp3) is 0.125. The average Bonchev–Trinajstić information content (AvgIpc) is 2.89. The normalized spacial score (nSPS) is 10.7. The zero-order chi connectivity index (χ0) is 14.1. The zero-order valence-corrected chi connectivity index (χ0v) is 11.3. The minimum atomic E-state index is -0.148. The molecule has 0 spiro atoms. The number of benzene rings is 1. The predicted molar refractivity (Wildman–Crippen MR) is 77.5 cm³/mol. The van der Waals surface area contributed by atoms with Crippen molar-refractivity contribution < 1.29 is 4.42 Å². The SMILES string of the molecule is Cc1ccoc1-c1nc(-c2ccccc2)c(C)c(=O)[nH]1. The molecule has 0 unspecified atom stereocenters. The minimum Gasteiger partial charge on any atom is -0.461 e. The molecule has 0 atom stereocenters. The molecule has 0 aliphatic rings. The minimum absolute atomic E-state index is 0.148. The maximum atomic E-state index is 12.1. The van der Waals surface area contributed by atoms with Crippen molar-refractivity contribution in [1.82, 2.24) is 9.97 Å². The van der Waals surface area contributed by atoms with E-state index in [0.717, 1.165) is 11.1 Å². The average molecular weight is 266 g/mol. The van der Waals surface area contributed by atoms with Gasteiger partial charge in [0.15, 0.2) is 11.6 Å². The van der Waals surface area contributed by atoms with Gasteiger partial charge in [-0.2, -0.15) is 0 Å². The molecule has 4 heteroatoms. The molecule has 1 N–H and O–H groups in total. The van der Waals surface area contributed by atoms with Crippen LogP contribution in [0.25, 0.3) is 22.8 Å². The number of nitrogens with zero attached hydrogens (tertiary/aromatic N) is 1. The second-order valence-electron chi connectivity index (χ2n) is 4.69. The third-order valence-corrected chi connectivity index (χ3v) is 3.28. The van der Waals surface area contributed by atoms with Crippen molar-refractivity contribution in [2.75, 3.05) is 0 Å². The smallest absolute Gasteiger partial charge is 0.254 e. The van der Waals surface area contributed by atoms with Gasteiger partial charge in [0, 0.05) is 11.1 Å². The standard InChI is InChI=1S/C16H14N2O2/c1-10-8-9-20-14(10)15-17-13(11(2)16(19)18-15)12-6-4-3-5-7-12/h3-9H,1-2H3,(H,17,18,19). The van der Waals surface area contributed by atoms with Crippen LogP contribution in [0.15, 0.2) is 51.9 Å². The Bertz CT molecular complexity index is 801. The van der Waals surface area contributed by atoms with E-state index in [1.807, 2.05) is 43.3 Å². The Balaban J connectivity index is 2.24. The van der Waals surface area contributed by atoms with Crippen LogP contribution in [-0.4, -0.2) is 9.97 Å². The Morgan fingerprint density at radius 2 is 1.85 bits per heavy atom. The topological polar surface area (TPSA) is 58.9 Å². The molecule has 0 saturated carbocycles. The van der Waals surface area contributed by atoms with Crippen LogP contribution in [0.2, 0.25) is 0 Å². The van der Waals surface area contributed by atoms with Crippen molar-refractivity contribution in [2.24, 2.45) is 0 Å². The van der Waals surface area contributed by atoms with Gasteiger partial charge in [0.25, 0.3) is 5.56 Å². The summed E-state index contributed by atoms with van der Waals surface area (Å²) in [6.45, 7) is 3.69. The summed E-state index contributed by atoms with van der Waals surface area (Å²) in [5, 5.41) is 0. The molecule has 0 amide bonds. The van der Waals surface area contributed by atoms with E-state index in [0.29, 0.717) is 22.8 Å². The summed E-state index contributed by atoms with van der Waals surface area (Å²) in [6, 6.07) is 11.5. The summed E-state index contributed by atoms with van der Waals surface area (Å²) < 4.78 is 5.40. The largest absolute Gasteiger partial charge is 0.461 e. The van der Waals surface area contributed by atoms with Gasteiger partial charge < -0.3 is 9.40 Å². The van der Waals surface area contributed by atoms with Crippen LogP contribution >= 0.6 is 0 Å². The Morgan fingerprint density at radius 1 is 1.10 bits per heavy atom. The Kier molecular flexibility index (Phi) is 2.99. The molecule has 3 rings (SSSR count). The highest BCUT2D eigenvalue weighted by Gasteiger charge is 2.14. The number of aromatic amines is 1. The monoisotopic (exact) mass is 266 g/mol. The molecular formula is C16H14N2O2. The molecule has 3 aromatic rings. The second kappa shape index (κ2) is 4.81. The molecule has 20 heavy (non-hydrogen) atoms. The van der Waals surface area contributed by atoms with Crippen LogP contribution < -0.4 is 5.56 Å². The van der Waals surface area contributed by atoms with Gasteiger partial charge in [-0.1, -0.05) is 30.3 Å². The number of aromatic nitrogens is 2. The lowest BCUT2D eigenvalue weighted by atomic mass is 10.1. The van der Waals surface area contributed by atoms with Gasteiger partial charge in [0.2, 0.25) is 0 Å². The van der Waals surface area contributed by atoms with Gasteiger partial charge >= 0.3 is 0 Å². The van der Waals surface area contributed by atoms with Gasteiger partial charge in [-0.25, -0.2) is 4.98 Å². The molecule has 1 aromatic carbocycles. The van der Waals surface area contributed by atoms with Crippen molar-refractivity contribution in [3.05, 3.63) is 64.1 Å². The Morgan fingerprint density at radius 3 is 2.50 bits per heavy atom. The Labute approximate surface area is 116 Å². The van der Waals surface area contributed by atoms with Crippen molar-refractivity contribution in [3.8, 4) is 22.8 Å². The summed E-state index contributed by atoms with van der Waals surface area (Å²) in [5.74, 6) is 1.06. The highest BCUT2D eigenvalue weighted by Crippen LogP contribution is 2.24. The predicted octanol–water partition coefficient (Wildman–Crippen LogP) is 3.31. The van der Waals surface area contributed by atoms with Crippen LogP contribution in [0, 0.1) is 13.8 Å². The molecule has 4 nitrogen and oxygen atoms in total. The first-order chi connectivity index (χ1) is 9.66. The summed E-state index contributed by atoms with van der Waals surface area (Å²) in [7, 11) is 0. The first kappa shape index (κ1) is 12.4. The molecule has 0 radical (unpaired) electrons.